The molecule has 2 rings (SSSR count). The smallest absolute Gasteiger partial charge is 0.248 e. The monoisotopic (exact) mass is 281 g/mol. The van der Waals surface area contributed by atoms with Gasteiger partial charge in [0.15, 0.2) is 0 Å². The van der Waals surface area contributed by atoms with Crippen molar-refractivity contribution in [2.45, 2.75) is 64.3 Å². The first kappa shape index (κ1) is 15.5. The van der Waals surface area contributed by atoms with Gasteiger partial charge in [-0.25, -0.2) is 0 Å². The maximum atomic E-state index is 12.3. The normalized spacial score (nSPS) is 27.6. The highest BCUT2D eigenvalue weighted by Gasteiger charge is 2.37. The minimum Gasteiger partial charge on any atom is -0.372 e. The molecule has 1 amide bonds. The number of rotatable bonds is 5. The second-order valence-corrected chi connectivity index (χ2v) is 6.02. The van der Waals surface area contributed by atoms with Gasteiger partial charge in [-0.2, -0.15) is 0 Å². The number of Topliss-reactive ketones (excluding diaryl/α,β-unsaturated/α-hetero) is 1. The Labute approximate surface area is 121 Å². The van der Waals surface area contributed by atoms with Gasteiger partial charge in [0.25, 0.3) is 0 Å². The van der Waals surface area contributed by atoms with Crippen LogP contribution in [-0.4, -0.2) is 42.4 Å². The molecule has 0 N–H and O–H groups in total. The van der Waals surface area contributed by atoms with Crippen molar-refractivity contribution < 1.29 is 14.3 Å². The zero-order chi connectivity index (χ0) is 14.4. The second kappa shape index (κ2) is 7.77. The molecule has 2 atom stereocenters. The van der Waals surface area contributed by atoms with Crippen LogP contribution >= 0.6 is 0 Å². The lowest BCUT2D eigenvalue weighted by molar-refractivity contribution is -0.143. The van der Waals surface area contributed by atoms with Gasteiger partial charge in [0.05, 0.1) is 0 Å². The summed E-state index contributed by atoms with van der Waals surface area (Å²) in [5.74, 6) is 0.524. The zero-order valence-electron chi connectivity index (χ0n) is 12.6. The maximum absolute atomic E-state index is 12.3. The lowest BCUT2D eigenvalue weighted by Crippen LogP contribution is -2.51. The lowest BCUT2D eigenvalue weighted by atomic mass is 9.79. The van der Waals surface area contributed by atoms with Gasteiger partial charge in [0.1, 0.15) is 12.4 Å². The summed E-state index contributed by atoms with van der Waals surface area (Å²) in [4.78, 5) is 26.4. The third kappa shape index (κ3) is 3.81. The van der Waals surface area contributed by atoms with Crippen molar-refractivity contribution in [1.82, 2.24) is 4.90 Å². The molecule has 0 radical (unpaired) electrons. The summed E-state index contributed by atoms with van der Waals surface area (Å²) < 4.78 is 5.38. The summed E-state index contributed by atoms with van der Waals surface area (Å²) in [6.07, 6.45) is 7.91. The Bertz CT molecular complexity index is 343. The molecule has 1 aliphatic heterocycles. The van der Waals surface area contributed by atoms with E-state index in [0.717, 1.165) is 51.5 Å². The fourth-order valence-electron chi connectivity index (χ4n) is 3.49. The van der Waals surface area contributed by atoms with Crippen molar-refractivity contribution in [2.24, 2.45) is 5.92 Å². The van der Waals surface area contributed by atoms with Gasteiger partial charge in [-0.1, -0.05) is 13.3 Å². The third-order valence-corrected chi connectivity index (χ3v) is 4.51. The molecule has 0 aromatic carbocycles. The van der Waals surface area contributed by atoms with Gasteiger partial charge in [-0.3, -0.25) is 9.59 Å². The lowest BCUT2D eigenvalue weighted by Gasteiger charge is -2.41. The number of ketones is 1. The number of carbonyl (C=O) groups excluding carboxylic acids is 2. The molecular formula is C16H27NO3. The summed E-state index contributed by atoms with van der Waals surface area (Å²) >= 11 is 0. The maximum Gasteiger partial charge on any atom is 0.248 e. The van der Waals surface area contributed by atoms with E-state index in [9.17, 15) is 9.59 Å². The molecule has 114 valence electrons. The first-order chi connectivity index (χ1) is 9.74. The quantitative estimate of drug-likeness (QED) is 0.728. The van der Waals surface area contributed by atoms with Crippen LogP contribution in [0.5, 0.6) is 0 Å². The fraction of sp³-hybridized carbons (Fsp3) is 0.875. The van der Waals surface area contributed by atoms with Crippen LogP contribution in [0.4, 0.5) is 0 Å². The van der Waals surface area contributed by atoms with E-state index >= 15 is 0 Å². The highest BCUT2D eigenvalue weighted by molar-refractivity contribution is 5.84. The molecule has 1 heterocycles. The summed E-state index contributed by atoms with van der Waals surface area (Å²) in [5.41, 5.74) is 0. The highest BCUT2D eigenvalue weighted by Crippen LogP contribution is 2.31. The van der Waals surface area contributed by atoms with Crippen LogP contribution in [0.25, 0.3) is 0 Å². The van der Waals surface area contributed by atoms with E-state index in [2.05, 4.69) is 0 Å². The first-order valence-corrected chi connectivity index (χ1v) is 8.14. The second-order valence-electron chi connectivity index (χ2n) is 6.02. The van der Waals surface area contributed by atoms with Crippen LogP contribution in [0.15, 0.2) is 0 Å². The van der Waals surface area contributed by atoms with Crippen molar-refractivity contribution in [3.63, 3.8) is 0 Å². The number of likely N-dealkylation sites (tertiary alicyclic amines) is 1. The Hall–Kier alpha value is -0.900. The molecule has 0 bridgehead atoms. The van der Waals surface area contributed by atoms with E-state index < -0.39 is 0 Å². The number of hydrogen-bond donors (Lipinski definition) is 0. The van der Waals surface area contributed by atoms with Crippen molar-refractivity contribution in [1.29, 1.82) is 0 Å². The molecule has 2 aliphatic rings. The third-order valence-electron chi connectivity index (χ3n) is 4.51. The van der Waals surface area contributed by atoms with Gasteiger partial charge < -0.3 is 9.64 Å². The van der Waals surface area contributed by atoms with Crippen LogP contribution < -0.4 is 0 Å². The van der Waals surface area contributed by atoms with Crippen molar-refractivity contribution in [2.75, 3.05) is 19.8 Å². The number of hydrogen-bond acceptors (Lipinski definition) is 3. The molecule has 4 heteroatoms. The average molecular weight is 281 g/mol. The summed E-state index contributed by atoms with van der Waals surface area (Å²) in [7, 11) is 0. The van der Waals surface area contributed by atoms with Gasteiger partial charge in [-0.05, 0) is 38.5 Å². The van der Waals surface area contributed by atoms with Gasteiger partial charge in [0, 0.05) is 31.5 Å². The topological polar surface area (TPSA) is 46.6 Å². The molecule has 1 aliphatic carbocycles. The van der Waals surface area contributed by atoms with Crippen LogP contribution in [0.2, 0.25) is 0 Å². The van der Waals surface area contributed by atoms with Crippen LogP contribution in [0, 0.1) is 5.92 Å². The molecule has 2 unspecified atom stereocenters. The Morgan fingerprint density at radius 2 is 2.05 bits per heavy atom. The van der Waals surface area contributed by atoms with E-state index in [1.807, 2.05) is 11.8 Å². The van der Waals surface area contributed by atoms with E-state index in [1.165, 1.54) is 0 Å². The molecule has 1 saturated carbocycles. The number of carbonyl (C=O) groups is 2. The van der Waals surface area contributed by atoms with E-state index in [4.69, 9.17) is 4.74 Å². The molecule has 0 aromatic heterocycles. The van der Waals surface area contributed by atoms with Crippen LogP contribution in [0.1, 0.15) is 58.3 Å². The molecule has 0 spiro atoms. The molecule has 2 fully saturated rings. The van der Waals surface area contributed by atoms with E-state index in [1.54, 1.807) is 0 Å². The Kier molecular flexibility index (Phi) is 6.02. The molecule has 20 heavy (non-hydrogen) atoms. The predicted molar refractivity (Wildman–Crippen MR) is 77.4 cm³/mol. The molecule has 0 aromatic rings. The van der Waals surface area contributed by atoms with Crippen molar-refractivity contribution in [3.8, 4) is 0 Å². The molecule has 4 nitrogen and oxygen atoms in total. The van der Waals surface area contributed by atoms with Crippen molar-refractivity contribution >= 4 is 11.7 Å². The SMILES string of the molecule is CCCOCC(=O)N1CCCCC1C1CCCCC1=O. The Balaban J connectivity index is 1.97. The number of nitrogens with zero attached hydrogens (tertiary/aromatic N) is 1. The molecular weight excluding hydrogens is 254 g/mol. The number of amides is 1. The summed E-state index contributed by atoms with van der Waals surface area (Å²) in [6.45, 7) is 3.63. The first-order valence-electron chi connectivity index (χ1n) is 8.14. The minimum absolute atomic E-state index is 0.0709. The fourth-order valence-corrected chi connectivity index (χ4v) is 3.49. The van der Waals surface area contributed by atoms with Crippen molar-refractivity contribution in [3.05, 3.63) is 0 Å². The van der Waals surface area contributed by atoms with Gasteiger partial charge in [-0.15, -0.1) is 0 Å². The van der Waals surface area contributed by atoms with Gasteiger partial charge >= 0.3 is 0 Å². The van der Waals surface area contributed by atoms with E-state index in [-0.39, 0.29) is 24.5 Å². The zero-order valence-corrected chi connectivity index (χ0v) is 12.6. The number of ether oxygens (including phenoxy) is 1. The Morgan fingerprint density at radius 1 is 1.25 bits per heavy atom. The summed E-state index contributed by atoms with van der Waals surface area (Å²) in [5, 5.41) is 0. The van der Waals surface area contributed by atoms with Gasteiger partial charge in [0.2, 0.25) is 5.91 Å². The largest absolute Gasteiger partial charge is 0.372 e. The van der Waals surface area contributed by atoms with E-state index in [0.29, 0.717) is 18.8 Å². The highest BCUT2D eigenvalue weighted by atomic mass is 16.5. The molecule has 1 saturated heterocycles. The Morgan fingerprint density at radius 3 is 2.80 bits per heavy atom. The predicted octanol–water partition coefficient (Wildman–Crippen LogP) is 2.55. The standard InChI is InChI=1S/C16H27NO3/c1-2-11-20-12-16(19)17-10-6-5-8-14(17)13-7-3-4-9-15(13)18/h13-14H,2-12H2,1H3. The number of piperidine rings is 1. The minimum atomic E-state index is 0.0709. The average Bonchev–Trinajstić information content (AvgIpc) is 2.48. The van der Waals surface area contributed by atoms with Crippen LogP contribution in [0.3, 0.4) is 0 Å². The van der Waals surface area contributed by atoms with Crippen LogP contribution in [-0.2, 0) is 14.3 Å². The summed E-state index contributed by atoms with van der Waals surface area (Å²) in [6, 6.07) is 0.134.